The minimum Gasteiger partial charge on any atom is -0.497 e. The fourth-order valence-corrected chi connectivity index (χ4v) is 2.99. The van der Waals surface area contributed by atoms with Gasteiger partial charge in [0.2, 0.25) is 0 Å². The third-order valence-electron chi connectivity index (χ3n) is 4.49. The highest BCUT2D eigenvalue weighted by atomic mass is 19.4. The molecule has 2 aromatic carbocycles. The maximum absolute atomic E-state index is 12.6. The molecule has 1 N–H and O–H groups in total. The summed E-state index contributed by atoms with van der Waals surface area (Å²) in [4.78, 5) is 7.92. The molecule has 29 heavy (non-hydrogen) atoms. The predicted molar refractivity (Wildman–Crippen MR) is 104 cm³/mol. The van der Waals surface area contributed by atoms with Crippen LogP contribution in [-0.2, 0) is 12.7 Å². The standard InChI is InChI=1S/C21H17F3N4O/c1-29-17-4-2-3-16(10-17)28-13-27-18-9-15(6-7-19(18)28)25-11-14-5-8-20(26-12-14)21(22,23)24/h2-10,12-13,25H,11H2,1H3. The summed E-state index contributed by atoms with van der Waals surface area (Å²) in [6.07, 6.45) is -1.46. The Morgan fingerprint density at radius 1 is 1.03 bits per heavy atom. The van der Waals surface area contributed by atoms with E-state index in [0.29, 0.717) is 12.1 Å². The van der Waals surface area contributed by atoms with Gasteiger partial charge in [0.25, 0.3) is 0 Å². The topological polar surface area (TPSA) is 52.0 Å². The molecule has 0 saturated carbocycles. The van der Waals surface area contributed by atoms with E-state index in [4.69, 9.17) is 4.74 Å². The van der Waals surface area contributed by atoms with Crippen LogP contribution in [0.4, 0.5) is 18.9 Å². The van der Waals surface area contributed by atoms with Gasteiger partial charge in [0.05, 0.1) is 23.8 Å². The maximum Gasteiger partial charge on any atom is 0.433 e. The van der Waals surface area contributed by atoms with Gasteiger partial charge in [-0.1, -0.05) is 12.1 Å². The Labute approximate surface area is 164 Å². The van der Waals surface area contributed by atoms with E-state index in [9.17, 15) is 13.2 Å². The summed E-state index contributed by atoms with van der Waals surface area (Å²) in [6, 6.07) is 15.8. The average Bonchev–Trinajstić information content (AvgIpc) is 3.15. The van der Waals surface area contributed by atoms with Crippen LogP contribution in [0.1, 0.15) is 11.3 Å². The van der Waals surface area contributed by atoms with E-state index >= 15 is 0 Å². The van der Waals surface area contributed by atoms with E-state index in [1.54, 1.807) is 13.4 Å². The summed E-state index contributed by atoms with van der Waals surface area (Å²) < 4.78 is 45.0. The number of hydrogen-bond acceptors (Lipinski definition) is 4. The Kier molecular flexibility index (Phi) is 4.84. The lowest BCUT2D eigenvalue weighted by Crippen LogP contribution is -2.08. The molecule has 0 aliphatic carbocycles. The number of anilines is 1. The smallest absolute Gasteiger partial charge is 0.433 e. The van der Waals surface area contributed by atoms with Crippen molar-refractivity contribution in [3.05, 3.63) is 78.4 Å². The summed E-state index contributed by atoms with van der Waals surface area (Å²) in [5.41, 5.74) is 3.23. The van der Waals surface area contributed by atoms with Crippen LogP contribution in [-0.4, -0.2) is 21.6 Å². The van der Waals surface area contributed by atoms with Gasteiger partial charge in [0, 0.05) is 24.5 Å². The maximum atomic E-state index is 12.6. The zero-order valence-corrected chi connectivity index (χ0v) is 15.4. The number of imidazole rings is 1. The van der Waals surface area contributed by atoms with Crippen molar-refractivity contribution < 1.29 is 17.9 Å². The van der Waals surface area contributed by atoms with Gasteiger partial charge in [-0.25, -0.2) is 4.98 Å². The van der Waals surface area contributed by atoms with Crippen molar-refractivity contribution in [3.8, 4) is 11.4 Å². The molecule has 0 aliphatic rings. The summed E-state index contributed by atoms with van der Waals surface area (Å²) in [7, 11) is 1.62. The van der Waals surface area contributed by atoms with Crippen LogP contribution >= 0.6 is 0 Å². The fourth-order valence-electron chi connectivity index (χ4n) is 2.99. The summed E-state index contributed by atoms with van der Waals surface area (Å²) in [5.74, 6) is 0.757. The third-order valence-corrected chi connectivity index (χ3v) is 4.49. The molecular weight excluding hydrogens is 381 g/mol. The van der Waals surface area contributed by atoms with Crippen molar-refractivity contribution in [3.63, 3.8) is 0 Å². The Hall–Kier alpha value is -3.55. The van der Waals surface area contributed by atoms with Crippen molar-refractivity contribution in [1.82, 2.24) is 14.5 Å². The van der Waals surface area contributed by atoms with Crippen LogP contribution in [0.15, 0.2) is 67.1 Å². The molecule has 0 atom stereocenters. The molecule has 0 saturated heterocycles. The number of pyridine rings is 1. The van der Waals surface area contributed by atoms with E-state index in [0.717, 1.165) is 34.2 Å². The van der Waals surface area contributed by atoms with Crippen LogP contribution in [0.2, 0.25) is 0 Å². The highest BCUT2D eigenvalue weighted by Crippen LogP contribution is 2.27. The largest absolute Gasteiger partial charge is 0.497 e. The first-order valence-corrected chi connectivity index (χ1v) is 8.81. The number of rotatable bonds is 5. The zero-order chi connectivity index (χ0) is 20.4. The molecule has 2 heterocycles. The van der Waals surface area contributed by atoms with Gasteiger partial charge >= 0.3 is 6.18 Å². The minimum atomic E-state index is -4.43. The molecule has 2 aromatic heterocycles. The lowest BCUT2D eigenvalue weighted by Gasteiger charge is -2.09. The molecule has 0 bridgehead atoms. The van der Waals surface area contributed by atoms with Crippen molar-refractivity contribution in [2.45, 2.75) is 12.7 Å². The monoisotopic (exact) mass is 398 g/mol. The molecule has 148 valence electrons. The van der Waals surface area contributed by atoms with Gasteiger partial charge < -0.3 is 10.1 Å². The van der Waals surface area contributed by atoms with Gasteiger partial charge in [-0.3, -0.25) is 9.55 Å². The molecule has 5 nitrogen and oxygen atoms in total. The van der Waals surface area contributed by atoms with E-state index < -0.39 is 11.9 Å². The SMILES string of the molecule is COc1cccc(-n2cnc3cc(NCc4ccc(C(F)(F)F)nc4)ccc32)c1. The third kappa shape index (κ3) is 4.01. The van der Waals surface area contributed by atoms with Crippen LogP contribution in [0, 0.1) is 0 Å². The molecule has 0 unspecified atom stereocenters. The van der Waals surface area contributed by atoms with Gasteiger partial charge in [0.15, 0.2) is 0 Å². The second kappa shape index (κ2) is 7.46. The van der Waals surface area contributed by atoms with E-state index in [1.807, 2.05) is 47.0 Å². The van der Waals surface area contributed by atoms with E-state index in [1.165, 1.54) is 12.3 Å². The predicted octanol–water partition coefficient (Wildman–Crippen LogP) is 5.06. The fraction of sp³-hybridized carbons (Fsp3) is 0.143. The van der Waals surface area contributed by atoms with Crippen LogP contribution in [0.3, 0.4) is 0 Å². The summed E-state index contributed by atoms with van der Waals surface area (Å²) >= 11 is 0. The number of nitrogens with one attached hydrogen (secondary N) is 1. The summed E-state index contributed by atoms with van der Waals surface area (Å²) in [5, 5.41) is 3.19. The number of benzene rings is 2. The Bertz CT molecular complexity index is 1140. The number of aromatic nitrogens is 3. The normalized spacial score (nSPS) is 11.6. The van der Waals surface area contributed by atoms with E-state index in [-0.39, 0.29) is 0 Å². The molecule has 4 aromatic rings. The van der Waals surface area contributed by atoms with Crippen molar-refractivity contribution >= 4 is 16.7 Å². The number of alkyl halides is 3. The number of nitrogens with zero attached hydrogens (tertiary/aromatic N) is 3. The highest BCUT2D eigenvalue weighted by molar-refractivity contribution is 5.81. The van der Waals surface area contributed by atoms with Gasteiger partial charge in [-0.2, -0.15) is 13.2 Å². The molecule has 0 amide bonds. The van der Waals surface area contributed by atoms with Crippen LogP contribution in [0.25, 0.3) is 16.7 Å². The number of hydrogen-bond donors (Lipinski definition) is 1. The molecule has 0 aliphatic heterocycles. The van der Waals surface area contributed by atoms with Gasteiger partial charge in [0.1, 0.15) is 17.8 Å². The Morgan fingerprint density at radius 2 is 1.90 bits per heavy atom. The average molecular weight is 398 g/mol. The lowest BCUT2D eigenvalue weighted by molar-refractivity contribution is -0.141. The number of ether oxygens (including phenoxy) is 1. The molecule has 0 spiro atoms. The van der Waals surface area contributed by atoms with E-state index in [2.05, 4.69) is 15.3 Å². The highest BCUT2D eigenvalue weighted by Gasteiger charge is 2.31. The second-order valence-electron chi connectivity index (χ2n) is 6.42. The minimum absolute atomic E-state index is 0.354. The number of methoxy groups -OCH3 is 1. The van der Waals surface area contributed by atoms with Crippen molar-refractivity contribution in [1.29, 1.82) is 0 Å². The number of halogens is 3. The molecule has 0 radical (unpaired) electrons. The second-order valence-corrected chi connectivity index (χ2v) is 6.42. The van der Waals surface area contributed by atoms with Gasteiger partial charge in [-0.05, 0) is 42.0 Å². The first-order valence-electron chi connectivity index (χ1n) is 8.81. The Morgan fingerprint density at radius 3 is 2.62 bits per heavy atom. The first-order chi connectivity index (χ1) is 13.9. The van der Waals surface area contributed by atoms with Crippen molar-refractivity contribution in [2.75, 3.05) is 12.4 Å². The molecule has 0 fully saturated rings. The molecule has 4 rings (SSSR count). The molecular formula is C21H17F3N4O. The van der Waals surface area contributed by atoms with Crippen molar-refractivity contribution in [2.24, 2.45) is 0 Å². The number of fused-ring (bicyclic) bond motifs is 1. The first kappa shape index (κ1) is 18.8. The van der Waals surface area contributed by atoms with Crippen LogP contribution in [0.5, 0.6) is 5.75 Å². The van der Waals surface area contributed by atoms with Gasteiger partial charge in [-0.15, -0.1) is 0 Å². The molecule has 8 heteroatoms. The van der Waals surface area contributed by atoms with Crippen LogP contribution < -0.4 is 10.1 Å². The Balaban J connectivity index is 1.51. The quantitative estimate of drug-likeness (QED) is 0.511. The lowest BCUT2D eigenvalue weighted by atomic mass is 10.2. The zero-order valence-electron chi connectivity index (χ0n) is 15.4. The summed E-state index contributed by atoms with van der Waals surface area (Å²) in [6.45, 7) is 0.354.